The fraction of sp³-hybridized carbons (Fsp3) is 0.233. The van der Waals surface area contributed by atoms with E-state index < -0.39 is 11.6 Å². The number of hydrogen-bond donors (Lipinski definition) is 0. The van der Waals surface area contributed by atoms with Gasteiger partial charge in [-0.25, -0.2) is 9.78 Å². The molecule has 1 heterocycles. The Hall–Kier alpha value is -4.33. The van der Waals surface area contributed by atoms with Crippen LogP contribution < -0.4 is 14.5 Å². The molecule has 0 atom stereocenters. The van der Waals surface area contributed by atoms with Crippen LogP contribution in [0.2, 0.25) is 0 Å². The van der Waals surface area contributed by atoms with Gasteiger partial charge in [-0.2, -0.15) is 0 Å². The second kappa shape index (κ2) is 13.3. The maximum atomic E-state index is 12.2. The molecule has 0 fully saturated rings. The molecule has 0 aliphatic heterocycles. The number of esters is 1. The Bertz CT molecular complexity index is 1290. The first-order valence-corrected chi connectivity index (χ1v) is 11.9. The summed E-state index contributed by atoms with van der Waals surface area (Å²) < 4.78 is 11.2. The first-order chi connectivity index (χ1) is 17.6. The molecule has 2 radical (unpaired) electrons. The number of anilines is 3. The summed E-state index contributed by atoms with van der Waals surface area (Å²) in [5.41, 5.74) is 3.89. The van der Waals surface area contributed by atoms with Gasteiger partial charge in [0, 0.05) is 40.2 Å². The van der Waals surface area contributed by atoms with Crippen LogP contribution in [0.5, 0.6) is 5.88 Å². The van der Waals surface area contributed by atoms with Crippen molar-refractivity contribution in [3.63, 3.8) is 0 Å². The number of carbonyl (C=O) groups is 2. The third kappa shape index (κ3) is 7.84. The predicted molar refractivity (Wildman–Crippen MR) is 156 cm³/mol. The van der Waals surface area contributed by atoms with Gasteiger partial charge in [-0.05, 0) is 50.6 Å². The number of para-hydroxylation sites is 1. The van der Waals surface area contributed by atoms with Crippen molar-refractivity contribution in [2.75, 3.05) is 23.9 Å². The molecule has 0 unspecified atom stereocenters. The highest BCUT2D eigenvalue weighted by Crippen LogP contribution is 2.37. The molecule has 1 aromatic heterocycles. The van der Waals surface area contributed by atoms with E-state index >= 15 is 0 Å². The van der Waals surface area contributed by atoms with Crippen molar-refractivity contribution >= 4 is 50.0 Å². The first-order valence-electron chi connectivity index (χ1n) is 11.9. The largest absolute Gasteiger partial charge is 0.473 e. The second-order valence-electron chi connectivity index (χ2n) is 9.39. The molecule has 8 heteroatoms. The number of rotatable bonds is 10. The molecule has 0 bridgehead atoms. The lowest BCUT2D eigenvalue weighted by Gasteiger charge is -2.27. The zero-order valence-electron chi connectivity index (χ0n) is 22.7. The summed E-state index contributed by atoms with van der Waals surface area (Å²) in [6, 6.07) is 19.2. The van der Waals surface area contributed by atoms with E-state index in [4.69, 9.17) is 9.47 Å². The van der Waals surface area contributed by atoms with Crippen LogP contribution in [0.1, 0.15) is 37.6 Å². The molecule has 0 aliphatic carbocycles. The smallest absolute Gasteiger partial charge is 0.331 e. The van der Waals surface area contributed by atoms with Crippen LogP contribution in [-0.2, 0) is 20.9 Å². The second-order valence-corrected chi connectivity index (χ2v) is 9.39. The molecule has 0 spiro atoms. The number of amides is 1. The van der Waals surface area contributed by atoms with Crippen molar-refractivity contribution in [3.8, 4) is 5.88 Å². The maximum absolute atomic E-state index is 12.2. The summed E-state index contributed by atoms with van der Waals surface area (Å²) in [6.45, 7) is 9.75. The zero-order chi connectivity index (χ0) is 27.0. The van der Waals surface area contributed by atoms with Crippen molar-refractivity contribution < 1.29 is 19.1 Å². The molecule has 0 aliphatic rings. The zero-order valence-corrected chi connectivity index (χ0v) is 22.7. The third-order valence-corrected chi connectivity index (χ3v) is 5.38. The average Bonchev–Trinajstić information content (AvgIpc) is 2.89. The van der Waals surface area contributed by atoms with E-state index in [1.165, 1.54) is 11.0 Å². The van der Waals surface area contributed by atoms with E-state index in [1.807, 2.05) is 87.3 Å². The molecular formula is C30H34BN3O4. The SMILES string of the molecule is C=Cc1nc(OCc2ccccc2)ccc1N(C)c1cccc(/C=C/C(=O)OC(C)(C)C)c1N(C)C=O.[BH]. The quantitative estimate of drug-likeness (QED) is 0.158. The number of carbonyl (C=O) groups excluding carboxylic acids is 2. The Balaban J connectivity index is 0.00000507. The van der Waals surface area contributed by atoms with E-state index in [0.29, 0.717) is 29.4 Å². The molecule has 0 saturated heterocycles. The van der Waals surface area contributed by atoms with Gasteiger partial charge < -0.3 is 19.3 Å². The Kier molecular flexibility index (Phi) is 10.5. The molecule has 38 heavy (non-hydrogen) atoms. The van der Waals surface area contributed by atoms with E-state index in [2.05, 4.69) is 11.6 Å². The monoisotopic (exact) mass is 511 g/mol. The van der Waals surface area contributed by atoms with Crippen molar-refractivity contribution in [1.82, 2.24) is 4.98 Å². The molecule has 3 rings (SSSR count). The molecular weight excluding hydrogens is 477 g/mol. The number of hydrogen-bond acceptors (Lipinski definition) is 6. The molecule has 7 nitrogen and oxygen atoms in total. The summed E-state index contributed by atoms with van der Waals surface area (Å²) in [6.07, 6.45) is 5.40. The van der Waals surface area contributed by atoms with Crippen LogP contribution in [0.25, 0.3) is 12.2 Å². The van der Waals surface area contributed by atoms with Gasteiger partial charge in [0.25, 0.3) is 0 Å². The van der Waals surface area contributed by atoms with Gasteiger partial charge in [-0.1, -0.05) is 49.0 Å². The Labute approximate surface area is 227 Å². The highest BCUT2D eigenvalue weighted by molar-refractivity contribution is 5.95. The van der Waals surface area contributed by atoms with Crippen LogP contribution >= 0.6 is 0 Å². The number of pyridine rings is 1. The highest BCUT2D eigenvalue weighted by Gasteiger charge is 2.19. The Morgan fingerprint density at radius 1 is 1.00 bits per heavy atom. The van der Waals surface area contributed by atoms with Gasteiger partial charge in [0.15, 0.2) is 0 Å². The lowest BCUT2D eigenvalue weighted by atomic mass is 10.1. The molecule has 3 aromatic rings. The van der Waals surface area contributed by atoms with Gasteiger partial charge in [0.05, 0.1) is 22.8 Å². The standard InChI is InChI=1S/C30H33N3O4.BH/c1-7-24-25(17-18-27(31-24)36-20-22-12-9-8-10-13-22)33(6)26-15-11-14-23(29(26)32(5)21-34)16-19-28(35)37-30(2,3)4;/h7-19,21H,1,20H2,2-6H3;1H/b19-16+;. The molecule has 1 amide bonds. The number of aromatic nitrogens is 1. The van der Waals surface area contributed by atoms with Gasteiger partial charge >= 0.3 is 5.97 Å². The molecule has 0 saturated carbocycles. The summed E-state index contributed by atoms with van der Waals surface area (Å²) in [4.78, 5) is 32.1. The van der Waals surface area contributed by atoms with Crippen molar-refractivity contribution in [3.05, 3.63) is 90.1 Å². The maximum Gasteiger partial charge on any atom is 0.331 e. The summed E-state index contributed by atoms with van der Waals surface area (Å²) >= 11 is 0. The Morgan fingerprint density at radius 2 is 1.71 bits per heavy atom. The summed E-state index contributed by atoms with van der Waals surface area (Å²) in [7, 11) is 3.55. The van der Waals surface area contributed by atoms with Crippen LogP contribution in [0.4, 0.5) is 17.1 Å². The number of benzene rings is 2. The summed E-state index contributed by atoms with van der Waals surface area (Å²) in [5.74, 6) is 0.0189. The normalized spacial score (nSPS) is 10.9. The van der Waals surface area contributed by atoms with Gasteiger partial charge in [-0.15, -0.1) is 0 Å². The van der Waals surface area contributed by atoms with Gasteiger partial charge in [0.2, 0.25) is 12.3 Å². The average molecular weight is 511 g/mol. The topological polar surface area (TPSA) is 72.0 Å². The minimum atomic E-state index is -0.600. The third-order valence-electron chi connectivity index (χ3n) is 5.38. The van der Waals surface area contributed by atoms with Gasteiger partial charge in [-0.3, -0.25) is 4.79 Å². The minimum absolute atomic E-state index is 0. The lowest BCUT2D eigenvalue weighted by molar-refractivity contribution is -0.148. The Morgan fingerprint density at radius 3 is 2.34 bits per heavy atom. The van der Waals surface area contributed by atoms with E-state index in [0.717, 1.165) is 23.3 Å². The molecule has 196 valence electrons. The number of ether oxygens (including phenoxy) is 2. The van der Waals surface area contributed by atoms with E-state index in [9.17, 15) is 9.59 Å². The van der Waals surface area contributed by atoms with Crippen LogP contribution in [0.3, 0.4) is 0 Å². The van der Waals surface area contributed by atoms with Crippen LogP contribution in [0, 0.1) is 0 Å². The predicted octanol–water partition coefficient (Wildman–Crippen LogP) is 5.37. The van der Waals surface area contributed by atoms with Crippen LogP contribution in [-0.4, -0.2) is 45.5 Å². The summed E-state index contributed by atoms with van der Waals surface area (Å²) in [5, 5.41) is 0. The fourth-order valence-electron chi connectivity index (χ4n) is 3.71. The molecule has 0 N–H and O–H groups in total. The van der Waals surface area contributed by atoms with Crippen molar-refractivity contribution in [2.24, 2.45) is 0 Å². The van der Waals surface area contributed by atoms with Crippen molar-refractivity contribution in [1.29, 1.82) is 0 Å². The highest BCUT2D eigenvalue weighted by atomic mass is 16.6. The van der Waals surface area contributed by atoms with E-state index in [1.54, 1.807) is 25.3 Å². The first kappa shape index (κ1) is 29.9. The van der Waals surface area contributed by atoms with Crippen LogP contribution in [0.15, 0.2) is 73.3 Å². The fourth-order valence-corrected chi connectivity index (χ4v) is 3.71. The van der Waals surface area contributed by atoms with Gasteiger partial charge in [0.1, 0.15) is 12.2 Å². The number of nitrogens with zero attached hydrogens (tertiary/aromatic N) is 3. The molecule has 2 aromatic carbocycles. The minimum Gasteiger partial charge on any atom is -0.473 e. The van der Waals surface area contributed by atoms with Crippen molar-refractivity contribution in [2.45, 2.75) is 33.0 Å². The lowest BCUT2D eigenvalue weighted by Crippen LogP contribution is -2.22. The van der Waals surface area contributed by atoms with E-state index in [-0.39, 0.29) is 8.41 Å².